The first-order chi connectivity index (χ1) is 17.9. The zero-order valence-electron chi connectivity index (χ0n) is 19.6. The van der Waals surface area contributed by atoms with Crippen molar-refractivity contribution in [1.29, 1.82) is 0 Å². The fraction of sp³-hybridized carbons (Fsp3) is 0.185. The lowest BCUT2D eigenvalue weighted by Crippen LogP contribution is -2.36. The van der Waals surface area contributed by atoms with Crippen LogP contribution in [0.15, 0.2) is 79.1 Å². The molecule has 0 aliphatic carbocycles. The average molecular weight is 506 g/mol. The Bertz CT molecular complexity index is 1390. The summed E-state index contributed by atoms with van der Waals surface area (Å²) >= 11 is 0. The molecule has 0 atom stereocenters. The Morgan fingerprint density at radius 1 is 0.892 bits per heavy atom. The minimum atomic E-state index is -4.60. The molecule has 0 saturated carbocycles. The number of aromatic nitrogens is 3. The number of nitrogens with one attached hydrogen (secondary N) is 1. The van der Waals surface area contributed by atoms with E-state index in [2.05, 4.69) is 20.3 Å². The van der Waals surface area contributed by atoms with E-state index in [1.54, 1.807) is 17.2 Å². The van der Waals surface area contributed by atoms with Gasteiger partial charge in [0.25, 0.3) is 5.91 Å². The molecule has 2 aromatic carbocycles. The van der Waals surface area contributed by atoms with Crippen molar-refractivity contribution in [2.45, 2.75) is 6.18 Å². The largest absolute Gasteiger partial charge is 0.416 e. The van der Waals surface area contributed by atoms with E-state index in [1.807, 2.05) is 42.5 Å². The Labute approximate surface area is 211 Å². The number of hydrogen-bond donors (Lipinski definition) is 1. The second-order valence-corrected chi connectivity index (χ2v) is 8.38. The Balaban J connectivity index is 1.38. The Kier molecular flexibility index (Phi) is 6.82. The number of anilines is 2. The van der Waals surface area contributed by atoms with Crippen molar-refractivity contribution in [3.63, 3.8) is 0 Å². The van der Waals surface area contributed by atoms with Gasteiger partial charge in [-0.25, -0.2) is 9.97 Å². The first kappa shape index (κ1) is 24.4. The minimum absolute atomic E-state index is 0.0278. The predicted octanol–water partition coefficient (Wildman–Crippen LogP) is 5.31. The van der Waals surface area contributed by atoms with Gasteiger partial charge in [-0.05, 0) is 36.4 Å². The molecule has 0 bridgehead atoms. The number of alkyl halides is 3. The summed E-state index contributed by atoms with van der Waals surface area (Å²) in [6.45, 7) is 1.68. The van der Waals surface area contributed by atoms with Gasteiger partial charge >= 0.3 is 6.18 Å². The van der Waals surface area contributed by atoms with E-state index in [1.165, 1.54) is 12.3 Å². The van der Waals surface area contributed by atoms with Crippen molar-refractivity contribution in [2.75, 3.05) is 36.5 Å². The maximum absolute atomic E-state index is 13.6. The molecule has 5 rings (SSSR count). The number of ether oxygens (including phenoxy) is 1. The quantitative estimate of drug-likeness (QED) is 0.396. The third-order valence-electron chi connectivity index (χ3n) is 5.89. The summed E-state index contributed by atoms with van der Waals surface area (Å²) in [7, 11) is 0. The Morgan fingerprint density at radius 2 is 1.68 bits per heavy atom. The summed E-state index contributed by atoms with van der Waals surface area (Å²) in [5, 5.41) is 2.52. The van der Waals surface area contributed by atoms with Crippen LogP contribution < -0.4 is 10.2 Å². The van der Waals surface area contributed by atoms with Gasteiger partial charge in [0.1, 0.15) is 0 Å². The number of rotatable bonds is 5. The number of morpholine rings is 1. The second-order valence-electron chi connectivity index (χ2n) is 8.38. The summed E-state index contributed by atoms with van der Waals surface area (Å²) < 4.78 is 46.0. The molecule has 1 saturated heterocycles. The predicted molar refractivity (Wildman–Crippen MR) is 133 cm³/mol. The highest BCUT2D eigenvalue weighted by atomic mass is 19.4. The van der Waals surface area contributed by atoms with E-state index >= 15 is 0 Å². The van der Waals surface area contributed by atoms with Crippen molar-refractivity contribution in [3.8, 4) is 22.5 Å². The number of amides is 1. The summed E-state index contributed by atoms with van der Waals surface area (Å²) in [5.41, 5.74) is 2.25. The van der Waals surface area contributed by atoms with Crippen LogP contribution in [0.1, 0.15) is 15.9 Å². The van der Waals surface area contributed by atoms with Crippen LogP contribution in [0.4, 0.5) is 24.8 Å². The van der Waals surface area contributed by atoms with Crippen molar-refractivity contribution in [1.82, 2.24) is 15.0 Å². The molecule has 2 aromatic heterocycles. The SMILES string of the molecule is O=C(Nc1nccc(-c2ccc(-c3ccccc3)nc2)n1)c1cc(N2CCOCC2)cc(C(F)(F)F)c1. The Morgan fingerprint density at radius 3 is 2.38 bits per heavy atom. The van der Waals surface area contributed by atoms with E-state index < -0.39 is 17.6 Å². The van der Waals surface area contributed by atoms with Gasteiger partial charge < -0.3 is 9.64 Å². The molecule has 37 heavy (non-hydrogen) atoms. The first-order valence-corrected chi connectivity index (χ1v) is 11.6. The molecule has 1 aliphatic heterocycles. The lowest BCUT2D eigenvalue weighted by atomic mass is 10.1. The maximum Gasteiger partial charge on any atom is 0.416 e. The van der Waals surface area contributed by atoms with Gasteiger partial charge in [-0.2, -0.15) is 13.2 Å². The fourth-order valence-electron chi connectivity index (χ4n) is 3.99. The van der Waals surface area contributed by atoms with Crippen molar-refractivity contribution >= 4 is 17.5 Å². The molecule has 0 unspecified atom stereocenters. The van der Waals surface area contributed by atoms with Crippen LogP contribution in [0.2, 0.25) is 0 Å². The normalized spacial score (nSPS) is 13.9. The van der Waals surface area contributed by atoms with Gasteiger partial charge in [0.05, 0.1) is 30.2 Å². The van der Waals surface area contributed by atoms with E-state index in [9.17, 15) is 18.0 Å². The van der Waals surface area contributed by atoms with E-state index in [4.69, 9.17) is 4.74 Å². The third-order valence-corrected chi connectivity index (χ3v) is 5.89. The highest BCUT2D eigenvalue weighted by Gasteiger charge is 2.32. The van der Waals surface area contributed by atoms with Gasteiger partial charge in [-0.1, -0.05) is 30.3 Å². The molecule has 3 heterocycles. The maximum atomic E-state index is 13.6. The third kappa shape index (κ3) is 5.75. The Hall–Kier alpha value is -4.31. The van der Waals surface area contributed by atoms with E-state index in [0.29, 0.717) is 43.2 Å². The molecule has 0 radical (unpaired) electrons. The summed E-state index contributed by atoms with van der Waals surface area (Å²) in [6.07, 6.45) is -1.47. The zero-order chi connectivity index (χ0) is 25.8. The molecule has 0 spiro atoms. The minimum Gasteiger partial charge on any atom is -0.378 e. The summed E-state index contributed by atoms with van der Waals surface area (Å²) in [5.74, 6) is -0.768. The van der Waals surface area contributed by atoms with Crippen LogP contribution in [0, 0.1) is 0 Å². The standard InChI is InChI=1S/C27H22F3N5O2/c28-27(29,30)21-14-20(15-22(16-21)35-10-12-37-13-11-35)25(36)34-26-31-9-8-24(33-26)19-6-7-23(32-17-19)18-4-2-1-3-5-18/h1-9,14-17H,10-13H2,(H,31,33,34,36). The van der Waals surface area contributed by atoms with Crippen molar-refractivity contribution < 1.29 is 22.7 Å². The van der Waals surface area contributed by atoms with Crippen LogP contribution in [0.5, 0.6) is 0 Å². The van der Waals surface area contributed by atoms with Crippen LogP contribution in [0.25, 0.3) is 22.5 Å². The molecular weight excluding hydrogens is 483 g/mol. The van der Waals surface area contributed by atoms with Gasteiger partial charge in [-0.3, -0.25) is 15.1 Å². The monoisotopic (exact) mass is 505 g/mol. The smallest absolute Gasteiger partial charge is 0.378 e. The van der Waals surface area contributed by atoms with Crippen LogP contribution in [-0.2, 0) is 10.9 Å². The lowest BCUT2D eigenvalue weighted by Gasteiger charge is -2.29. The number of carbonyl (C=O) groups excluding carboxylic acids is 1. The second kappa shape index (κ2) is 10.4. The number of nitrogens with zero attached hydrogens (tertiary/aromatic N) is 4. The van der Waals surface area contributed by atoms with Gasteiger partial charge in [-0.15, -0.1) is 0 Å². The van der Waals surface area contributed by atoms with Crippen LogP contribution >= 0.6 is 0 Å². The topological polar surface area (TPSA) is 80.2 Å². The molecule has 1 aliphatic rings. The number of benzene rings is 2. The molecule has 1 fully saturated rings. The number of halogens is 3. The summed E-state index contributed by atoms with van der Waals surface area (Å²) in [6, 6.07) is 18.4. The van der Waals surface area contributed by atoms with Gasteiger partial charge in [0, 0.05) is 47.9 Å². The molecule has 10 heteroatoms. The summed E-state index contributed by atoms with van der Waals surface area (Å²) in [4.78, 5) is 27.6. The molecule has 1 amide bonds. The van der Waals surface area contributed by atoms with E-state index in [-0.39, 0.29) is 11.5 Å². The van der Waals surface area contributed by atoms with Crippen LogP contribution in [0.3, 0.4) is 0 Å². The molecule has 4 aromatic rings. The molecule has 188 valence electrons. The van der Waals surface area contributed by atoms with Gasteiger partial charge in [0.15, 0.2) is 0 Å². The van der Waals surface area contributed by atoms with E-state index in [0.717, 1.165) is 23.4 Å². The molecule has 1 N–H and O–H groups in total. The molecule has 7 nitrogen and oxygen atoms in total. The van der Waals surface area contributed by atoms with Crippen molar-refractivity contribution in [3.05, 3.63) is 90.3 Å². The number of pyridine rings is 1. The number of carbonyl (C=O) groups is 1. The van der Waals surface area contributed by atoms with Gasteiger partial charge in [0.2, 0.25) is 5.95 Å². The molecular formula is C27H22F3N5O2. The fourth-order valence-corrected chi connectivity index (χ4v) is 3.99. The number of hydrogen-bond acceptors (Lipinski definition) is 6. The highest BCUT2D eigenvalue weighted by Crippen LogP contribution is 2.33. The highest BCUT2D eigenvalue weighted by molar-refractivity contribution is 6.04. The van der Waals surface area contributed by atoms with Crippen LogP contribution in [-0.4, -0.2) is 47.2 Å². The average Bonchev–Trinajstić information content (AvgIpc) is 2.93. The first-order valence-electron chi connectivity index (χ1n) is 11.6. The zero-order valence-corrected chi connectivity index (χ0v) is 19.6. The lowest BCUT2D eigenvalue weighted by molar-refractivity contribution is -0.137. The van der Waals surface area contributed by atoms with Crippen molar-refractivity contribution in [2.24, 2.45) is 0 Å².